The summed E-state index contributed by atoms with van der Waals surface area (Å²) in [6, 6.07) is 5.04. The highest BCUT2D eigenvalue weighted by Crippen LogP contribution is 2.61. The van der Waals surface area contributed by atoms with Crippen LogP contribution in [-0.2, 0) is 4.79 Å². The number of nitrogen functional groups attached to an aromatic ring is 1. The molecule has 1 aromatic heterocycles. The number of nitrogens with two attached hydrogens (primary N) is 2. The Morgan fingerprint density at radius 1 is 1.17 bits per heavy atom. The minimum atomic E-state index is -0.430. The molecule has 4 saturated carbocycles. The van der Waals surface area contributed by atoms with E-state index in [9.17, 15) is 9.59 Å². The summed E-state index contributed by atoms with van der Waals surface area (Å²) in [5.41, 5.74) is 11.0. The normalized spacial score (nSPS) is 37.6. The number of pyridine rings is 1. The number of anilines is 1. The van der Waals surface area contributed by atoms with E-state index in [0.717, 1.165) is 32.1 Å². The molecule has 1 aromatic rings. The lowest BCUT2D eigenvalue weighted by molar-refractivity contribution is -0.146. The van der Waals surface area contributed by atoms with Crippen LogP contribution in [0.1, 0.15) is 49.0 Å². The van der Waals surface area contributed by atoms with Gasteiger partial charge in [-0.05, 0) is 62.5 Å². The van der Waals surface area contributed by atoms with E-state index in [2.05, 4.69) is 10.3 Å². The van der Waals surface area contributed by atoms with Crippen molar-refractivity contribution in [3.8, 4) is 0 Å². The summed E-state index contributed by atoms with van der Waals surface area (Å²) in [4.78, 5) is 28.8. The second-order valence-electron chi connectivity index (χ2n) is 7.79. The molecule has 2 atom stereocenters. The largest absolute Gasteiger partial charge is 0.384 e. The molecule has 0 spiro atoms. The molecule has 0 aromatic carbocycles. The van der Waals surface area contributed by atoms with E-state index in [4.69, 9.17) is 11.5 Å². The van der Waals surface area contributed by atoms with Crippen molar-refractivity contribution in [2.24, 2.45) is 23.0 Å². The lowest BCUT2D eigenvalue weighted by atomic mass is 9.46. The third-order valence-corrected chi connectivity index (χ3v) is 5.97. The Balaban J connectivity index is 1.61. The predicted octanol–water partition coefficient (Wildman–Crippen LogP) is 1.22. The van der Waals surface area contributed by atoms with Gasteiger partial charge in [-0.15, -0.1) is 0 Å². The first-order valence-electron chi connectivity index (χ1n) is 8.25. The number of amides is 2. The van der Waals surface area contributed by atoms with Crippen molar-refractivity contribution in [1.29, 1.82) is 0 Å². The van der Waals surface area contributed by atoms with Gasteiger partial charge in [-0.3, -0.25) is 9.59 Å². The van der Waals surface area contributed by atoms with E-state index >= 15 is 0 Å². The van der Waals surface area contributed by atoms with Crippen LogP contribution in [0.5, 0.6) is 0 Å². The summed E-state index contributed by atoms with van der Waals surface area (Å²) < 4.78 is 0. The topological polar surface area (TPSA) is 111 Å². The van der Waals surface area contributed by atoms with Gasteiger partial charge in [0.05, 0.1) is 5.41 Å². The Morgan fingerprint density at radius 3 is 2.48 bits per heavy atom. The summed E-state index contributed by atoms with van der Waals surface area (Å²) >= 11 is 0. The maximum atomic E-state index is 12.6. The number of carbonyl (C=O) groups is 2. The van der Waals surface area contributed by atoms with Gasteiger partial charge in [0, 0.05) is 5.54 Å². The van der Waals surface area contributed by atoms with Crippen molar-refractivity contribution in [3.05, 3.63) is 23.9 Å². The number of hydrogen-bond donors (Lipinski definition) is 3. The molecule has 122 valence electrons. The number of hydrogen-bond acceptors (Lipinski definition) is 4. The number of aromatic nitrogens is 1. The molecule has 4 aliphatic carbocycles. The number of carbonyl (C=O) groups excluding carboxylic acids is 2. The van der Waals surface area contributed by atoms with Gasteiger partial charge in [0.2, 0.25) is 5.91 Å². The molecular formula is C17H22N4O2. The number of nitrogens with zero attached hydrogens (tertiary/aromatic N) is 1. The van der Waals surface area contributed by atoms with Gasteiger partial charge in [0.25, 0.3) is 5.91 Å². The predicted molar refractivity (Wildman–Crippen MR) is 85.2 cm³/mol. The van der Waals surface area contributed by atoms with E-state index in [1.807, 2.05) is 0 Å². The summed E-state index contributed by atoms with van der Waals surface area (Å²) in [7, 11) is 0. The summed E-state index contributed by atoms with van der Waals surface area (Å²) in [6.45, 7) is 0. The van der Waals surface area contributed by atoms with Gasteiger partial charge in [-0.1, -0.05) is 6.07 Å². The molecule has 5 N–H and O–H groups in total. The molecule has 6 nitrogen and oxygen atoms in total. The summed E-state index contributed by atoms with van der Waals surface area (Å²) in [6.07, 6.45) is 5.46. The van der Waals surface area contributed by atoms with E-state index in [1.54, 1.807) is 18.2 Å². The third-order valence-electron chi connectivity index (χ3n) is 5.97. The Labute approximate surface area is 135 Å². The average molecular weight is 314 g/mol. The van der Waals surface area contributed by atoms with Crippen LogP contribution in [0.3, 0.4) is 0 Å². The van der Waals surface area contributed by atoms with Gasteiger partial charge in [-0.25, -0.2) is 4.98 Å². The van der Waals surface area contributed by atoms with E-state index in [1.165, 1.54) is 0 Å². The van der Waals surface area contributed by atoms with Crippen LogP contribution in [0.2, 0.25) is 0 Å². The minimum absolute atomic E-state index is 0.202. The fraction of sp³-hybridized carbons (Fsp3) is 0.588. The van der Waals surface area contributed by atoms with Crippen molar-refractivity contribution in [2.45, 2.75) is 44.1 Å². The molecule has 4 aliphatic rings. The van der Waals surface area contributed by atoms with Crippen molar-refractivity contribution < 1.29 is 9.59 Å². The second-order valence-corrected chi connectivity index (χ2v) is 7.79. The zero-order valence-electron chi connectivity index (χ0n) is 13.0. The van der Waals surface area contributed by atoms with Crippen LogP contribution in [-0.4, -0.2) is 22.3 Å². The number of primary amides is 1. The number of rotatable bonds is 3. The Morgan fingerprint density at radius 2 is 1.87 bits per heavy atom. The van der Waals surface area contributed by atoms with Crippen LogP contribution < -0.4 is 16.8 Å². The maximum Gasteiger partial charge on any atom is 0.270 e. The summed E-state index contributed by atoms with van der Waals surface area (Å²) in [5.74, 6) is 0.888. The highest BCUT2D eigenvalue weighted by molar-refractivity contribution is 5.93. The van der Waals surface area contributed by atoms with Crippen LogP contribution in [0, 0.1) is 17.3 Å². The molecule has 2 amide bonds. The Kier molecular flexibility index (Phi) is 2.95. The average Bonchev–Trinajstić information content (AvgIpc) is 2.45. The molecule has 5 rings (SSSR count). The smallest absolute Gasteiger partial charge is 0.270 e. The fourth-order valence-electron chi connectivity index (χ4n) is 5.58. The van der Waals surface area contributed by atoms with Gasteiger partial charge < -0.3 is 16.8 Å². The molecule has 23 heavy (non-hydrogen) atoms. The Bertz CT molecular complexity index is 673. The zero-order chi connectivity index (χ0) is 16.2. The first-order valence-corrected chi connectivity index (χ1v) is 8.25. The van der Waals surface area contributed by atoms with Gasteiger partial charge in [-0.2, -0.15) is 0 Å². The molecule has 4 bridgehead atoms. The Hall–Kier alpha value is -2.11. The molecule has 6 heteroatoms. The fourth-order valence-corrected chi connectivity index (χ4v) is 5.58. The van der Waals surface area contributed by atoms with Crippen LogP contribution >= 0.6 is 0 Å². The van der Waals surface area contributed by atoms with Crippen molar-refractivity contribution in [1.82, 2.24) is 10.3 Å². The lowest BCUT2D eigenvalue weighted by Gasteiger charge is -2.61. The third kappa shape index (κ3) is 2.28. The quantitative estimate of drug-likeness (QED) is 0.778. The molecule has 0 aliphatic heterocycles. The first kappa shape index (κ1) is 14.5. The molecule has 4 fully saturated rings. The monoisotopic (exact) mass is 314 g/mol. The molecule has 0 saturated heterocycles. The van der Waals surface area contributed by atoms with Crippen LogP contribution in [0.4, 0.5) is 5.82 Å². The SMILES string of the molecule is NC(=O)C12CC3CC(CC(NC(=O)c4cccc(N)n4)(C3)C1)C2. The van der Waals surface area contributed by atoms with Gasteiger partial charge in [0.15, 0.2) is 0 Å². The number of nitrogens with one attached hydrogen (secondary N) is 1. The van der Waals surface area contributed by atoms with Crippen molar-refractivity contribution in [2.75, 3.05) is 5.73 Å². The molecular weight excluding hydrogens is 292 g/mol. The van der Waals surface area contributed by atoms with E-state index < -0.39 is 5.41 Å². The van der Waals surface area contributed by atoms with E-state index in [0.29, 0.717) is 29.8 Å². The summed E-state index contributed by atoms with van der Waals surface area (Å²) in [5, 5.41) is 3.18. The highest BCUT2D eigenvalue weighted by Gasteiger charge is 2.60. The standard InChI is InChI=1S/C17H22N4O2/c18-13-3-1-2-12(20-13)14(22)21-17-7-10-4-11(8-17)6-16(5-10,9-17)15(19)23/h1-3,10-11H,4-9H2,(H2,18,20)(H2,19,23)(H,21,22). The van der Waals surface area contributed by atoms with E-state index in [-0.39, 0.29) is 17.4 Å². The lowest BCUT2D eigenvalue weighted by Crippen LogP contribution is -2.65. The maximum absolute atomic E-state index is 12.6. The second kappa shape index (κ2) is 4.69. The zero-order valence-corrected chi connectivity index (χ0v) is 13.0. The van der Waals surface area contributed by atoms with Crippen molar-refractivity contribution in [3.63, 3.8) is 0 Å². The van der Waals surface area contributed by atoms with Crippen LogP contribution in [0.25, 0.3) is 0 Å². The van der Waals surface area contributed by atoms with Gasteiger partial charge >= 0.3 is 0 Å². The molecule has 0 radical (unpaired) electrons. The van der Waals surface area contributed by atoms with Crippen LogP contribution in [0.15, 0.2) is 18.2 Å². The first-order chi connectivity index (χ1) is 10.9. The molecule has 2 unspecified atom stereocenters. The van der Waals surface area contributed by atoms with Gasteiger partial charge in [0.1, 0.15) is 11.5 Å². The minimum Gasteiger partial charge on any atom is -0.384 e. The molecule has 1 heterocycles. The van der Waals surface area contributed by atoms with Crippen molar-refractivity contribution >= 4 is 17.6 Å². The highest BCUT2D eigenvalue weighted by atomic mass is 16.2.